The first kappa shape index (κ1) is 24.0. The highest BCUT2D eigenvalue weighted by Crippen LogP contribution is 2.37. The van der Waals surface area contributed by atoms with E-state index in [4.69, 9.17) is 16.6 Å². The third-order valence-corrected chi connectivity index (χ3v) is 8.60. The molecule has 2 fully saturated rings. The Morgan fingerprint density at radius 3 is 2.70 bits per heavy atom. The van der Waals surface area contributed by atoms with E-state index in [0.29, 0.717) is 36.1 Å². The summed E-state index contributed by atoms with van der Waals surface area (Å²) in [7, 11) is -3.88. The average Bonchev–Trinajstić information content (AvgIpc) is 3.29. The second kappa shape index (κ2) is 8.60. The molecule has 5 N–H and O–H groups in total. The lowest BCUT2D eigenvalue weighted by molar-refractivity contribution is 0.228. The van der Waals surface area contributed by atoms with E-state index in [1.807, 2.05) is 18.7 Å². The second-order valence-electron chi connectivity index (χ2n) is 9.04. The first-order valence-corrected chi connectivity index (χ1v) is 12.9. The van der Waals surface area contributed by atoms with Crippen molar-refractivity contribution in [1.82, 2.24) is 14.1 Å². The summed E-state index contributed by atoms with van der Waals surface area (Å²) in [5, 5.41) is 14.3. The van der Waals surface area contributed by atoms with Gasteiger partial charge >= 0.3 is 0 Å². The topological polar surface area (TPSA) is 140 Å². The van der Waals surface area contributed by atoms with Gasteiger partial charge in [0, 0.05) is 30.9 Å². The number of aromatic nitrogens is 2. The highest BCUT2D eigenvalue weighted by Gasteiger charge is 2.41. The highest BCUT2D eigenvalue weighted by molar-refractivity contribution is 8.26. The van der Waals surface area contributed by atoms with Crippen molar-refractivity contribution in [2.75, 3.05) is 18.0 Å². The fourth-order valence-electron chi connectivity index (χ4n) is 3.88. The summed E-state index contributed by atoms with van der Waals surface area (Å²) in [4.78, 5) is 6.26. The molecule has 13 heteroatoms. The summed E-state index contributed by atoms with van der Waals surface area (Å²) < 4.78 is 56.2. The van der Waals surface area contributed by atoms with Crippen molar-refractivity contribution in [3.8, 4) is 0 Å². The largest absolute Gasteiger partial charge is 0.369 e. The highest BCUT2D eigenvalue weighted by atomic mass is 32.2. The first-order valence-electron chi connectivity index (χ1n) is 10.6. The van der Waals surface area contributed by atoms with E-state index in [9.17, 15) is 17.2 Å². The number of hydrogen-bond donors (Lipinski definition) is 4. The van der Waals surface area contributed by atoms with Crippen LogP contribution in [0.4, 0.5) is 14.5 Å². The van der Waals surface area contributed by atoms with Crippen LogP contribution in [-0.4, -0.2) is 59.0 Å². The number of pyridine rings is 1. The predicted molar refractivity (Wildman–Crippen MR) is 125 cm³/mol. The van der Waals surface area contributed by atoms with Crippen molar-refractivity contribution in [3.05, 3.63) is 24.3 Å². The predicted octanol–water partition coefficient (Wildman–Crippen LogP) is 2.64. The Kier molecular flexibility index (Phi) is 6.27. The Labute approximate surface area is 195 Å². The number of rotatable bonds is 6. The van der Waals surface area contributed by atoms with E-state index < -0.39 is 27.0 Å². The summed E-state index contributed by atoms with van der Waals surface area (Å²) >= 11 is 0.294. The molecule has 0 radical (unpaired) electrons. The van der Waals surface area contributed by atoms with Crippen LogP contribution in [0.15, 0.2) is 23.4 Å². The van der Waals surface area contributed by atoms with Gasteiger partial charge in [0.15, 0.2) is 5.82 Å². The number of fused-ring (bicyclic) bond motifs is 1. The average molecular weight is 500 g/mol. The van der Waals surface area contributed by atoms with Crippen LogP contribution in [-0.2, 0) is 10.0 Å². The maximum Gasteiger partial charge on any atom is 0.285 e. The van der Waals surface area contributed by atoms with Crippen molar-refractivity contribution in [1.29, 1.82) is 10.8 Å². The van der Waals surface area contributed by atoms with Crippen LogP contribution in [0.1, 0.15) is 38.9 Å². The molecule has 2 aromatic rings. The van der Waals surface area contributed by atoms with Crippen LogP contribution in [0.5, 0.6) is 0 Å². The molecule has 2 atom stereocenters. The van der Waals surface area contributed by atoms with Crippen molar-refractivity contribution in [2.45, 2.75) is 56.0 Å². The smallest absolute Gasteiger partial charge is 0.285 e. The molecule has 0 amide bonds. The molecule has 9 nitrogen and oxygen atoms in total. The van der Waals surface area contributed by atoms with Crippen LogP contribution >= 0.6 is 11.8 Å². The number of nitrogens with two attached hydrogens (primary N) is 1. The van der Waals surface area contributed by atoms with Crippen LogP contribution in [0.2, 0.25) is 0 Å². The number of hydrogen-bond acceptors (Lipinski definition) is 8. The number of anilines is 1. The molecule has 2 aliphatic rings. The molecule has 3 heterocycles. The lowest BCUT2D eigenvalue weighted by Gasteiger charge is -2.37. The first-order chi connectivity index (χ1) is 15.4. The molecule has 180 valence electrons. The zero-order chi connectivity index (χ0) is 24.1. The van der Waals surface area contributed by atoms with Gasteiger partial charge in [0.25, 0.3) is 6.43 Å². The number of thioether (sulfide) groups is 1. The second-order valence-corrected chi connectivity index (χ2v) is 11.8. The number of piperidine rings is 1. The SMILES string of the molecule is C[C@H]1CN(c2cc(S(=O)(=O)NC3(C)CC3)cn3c(C(=N)SC(=N)C(F)F)ncc23)CCC1N. The van der Waals surface area contributed by atoms with E-state index in [0.717, 1.165) is 19.3 Å². The summed E-state index contributed by atoms with van der Waals surface area (Å²) in [6, 6.07) is 1.64. The van der Waals surface area contributed by atoms with Gasteiger partial charge in [-0.05, 0) is 49.9 Å². The Morgan fingerprint density at radius 1 is 1.39 bits per heavy atom. The molecule has 1 saturated carbocycles. The molecule has 33 heavy (non-hydrogen) atoms. The van der Waals surface area contributed by atoms with Crippen molar-refractivity contribution < 1.29 is 17.2 Å². The lowest BCUT2D eigenvalue weighted by Crippen LogP contribution is -2.46. The normalized spacial score (nSPS) is 22.7. The summed E-state index contributed by atoms with van der Waals surface area (Å²) in [5.74, 6) is 0.184. The van der Waals surface area contributed by atoms with Gasteiger partial charge in [-0.1, -0.05) is 6.92 Å². The third kappa shape index (κ3) is 4.91. The molecule has 1 unspecified atom stereocenters. The zero-order valence-corrected chi connectivity index (χ0v) is 19.9. The summed E-state index contributed by atoms with van der Waals surface area (Å²) in [5.41, 5.74) is 6.86. The Hall–Kier alpha value is -2.09. The van der Waals surface area contributed by atoms with Crippen LogP contribution in [0.3, 0.4) is 0 Å². The van der Waals surface area contributed by atoms with Crippen molar-refractivity contribution in [3.63, 3.8) is 0 Å². The Balaban J connectivity index is 1.81. The molecule has 4 rings (SSSR count). The van der Waals surface area contributed by atoms with E-state index in [1.54, 1.807) is 6.07 Å². The monoisotopic (exact) mass is 499 g/mol. The molecule has 0 aromatic carbocycles. The molecule has 1 aliphatic carbocycles. The fourth-order valence-corrected chi connectivity index (χ4v) is 5.91. The van der Waals surface area contributed by atoms with Crippen molar-refractivity contribution in [2.24, 2.45) is 11.7 Å². The number of nitrogens with zero attached hydrogens (tertiary/aromatic N) is 3. The van der Waals surface area contributed by atoms with Gasteiger partial charge in [-0.15, -0.1) is 0 Å². The van der Waals surface area contributed by atoms with Gasteiger partial charge < -0.3 is 10.6 Å². The van der Waals surface area contributed by atoms with E-state index in [1.165, 1.54) is 16.8 Å². The Morgan fingerprint density at radius 2 is 2.09 bits per heavy atom. The molecule has 1 aliphatic heterocycles. The van der Waals surface area contributed by atoms with E-state index in [-0.39, 0.29) is 27.7 Å². The van der Waals surface area contributed by atoms with Gasteiger partial charge in [-0.25, -0.2) is 26.9 Å². The van der Waals surface area contributed by atoms with Crippen LogP contribution in [0.25, 0.3) is 5.52 Å². The Bertz CT molecular complexity index is 1210. The maximum atomic E-state index is 13.2. The van der Waals surface area contributed by atoms with Gasteiger partial charge in [-0.3, -0.25) is 15.2 Å². The minimum Gasteiger partial charge on any atom is -0.369 e. The molecule has 2 aromatic heterocycles. The number of imidazole rings is 1. The fraction of sp³-hybridized carbons (Fsp3) is 0.550. The number of alkyl halides is 2. The number of nitrogens with one attached hydrogen (secondary N) is 3. The quantitative estimate of drug-likeness (QED) is 0.356. The van der Waals surface area contributed by atoms with Crippen LogP contribution < -0.4 is 15.4 Å². The maximum absolute atomic E-state index is 13.2. The molecular formula is C20H27F2N7O2S2. The van der Waals surface area contributed by atoms with E-state index >= 15 is 0 Å². The lowest BCUT2D eigenvalue weighted by atomic mass is 9.94. The number of sulfonamides is 1. The molecule has 1 saturated heterocycles. The minimum atomic E-state index is -3.88. The minimum absolute atomic E-state index is 0.00151. The molecular weight excluding hydrogens is 472 g/mol. The van der Waals surface area contributed by atoms with Gasteiger partial charge in [0.05, 0.1) is 17.4 Å². The summed E-state index contributed by atoms with van der Waals surface area (Å²) in [6.07, 6.45) is 2.08. The van der Waals surface area contributed by atoms with Crippen molar-refractivity contribution >= 4 is 43.1 Å². The van der Waals surface area contributed by atoms with Gasteiger partial charge in [-0.2, -0.15) is 0 Å². The van der Waals surface area contributed by atoms with Crippen LogP contribution in [0, 0.1) is 16.7 Å². The van der Waals surface area contributed by atoms with E-state index in [2.05, 4.69) is 9.71 Å². The third-order valence-electron chi connectivity index (χ3n) is 6.21. The summed E-state index contributed by atoms with van der Waals surface area (Å²) in [6.45, 7) is 5.11. The number of halogens is 2. The standard InChI is InChI=1S/C20H27F2N7O2S2/c1-11-9-28(6-3-13(11)23)14-7-12(33(30,31)27-20(2)4-5-20)10-29-15(14)8-26-19(29)18(25)32-17(24)16(21)22/h7-8,10-11,13,16,24-25,27H,3-6,9,23H2,1-2H3/t11-,13?/m0/s1. The molecule has 0 bridgehead atoms. The zero-order valence-electron chi connectivity index (χ0n) is 18.3. The van der Waals surface area contributed by atoms with Gasteiger partial charge in [0.1, 0.15) is 15.0 Å². The molecule has 0 spiro atoms. The van der Waals surface area contributed by atoms with Gasteiger partial charge in [0.2, 0.25) is 10.0 Å².